The van der Waals surface area contributed by atoms with Crippen LogP contribution in [0.1, 0.15) is 30.9 Å². The molecule has 0 N–H and O–H groups in total. The zero-order valence-corrected chi connectivity index (χ0v) is 8.91. The fourth-order valence-corrected chi connectivity index (χ4v) is 1.88. The largest absolute Gasteiger partial charge is 0.256 e. The normalized spacial score (nSPS) is 11.1. The van der Waals surface area contributed by atoms with Crippen LogP contribution >= 0.6 is 0 Å². The van der Waals surface area contributed by atoms with Gasteiger partial charge >= 0.3 is 0 Å². The molecule has 0 aliphatic rings. The van der Waals surface area contributed by atoms with Crippen LogP contribution in [0, 0.1) is 6.92 Å². The zero-order chi connectivity index (χ0) is 10.1. The lowest BCUT2D eigenvalue weighted by Crippen LogP contribution is -1.94. The van der Waals surface area contributed by atoms with Crippen molar-refractivity contribution in [1.82, 2.24) is 4.98 Å². The Labute approximate surface area is 84.8 Å². The van der Waals surface area contributed by atoms with Crippen molar-refractivity contribution in [1.29, 1.82) is 0 Å². The van der Waals surface area contributed by atoms with Crippen molar-refractivity contribution in [3.63, 3.8) is 0 Å². The molecule has 0 aliphatic heterocycles. The van der Waals surface area contributed by atoms with Crippen molar-refractivity contribution in [3.05, 3.63) is 41.6 Å². The van der Waals surface area contributed by atoms with Crippen LogP contribution in [0.2, 0.25) is 0 Å². The average molecular weight is 185 g/mol. The number of hydrogen-bond acceptors (Lipinski definition) is 1. The van der Waals surface area contributed by atoms with Crippen molar-refractivity contribution < 1.29 is 0 Å². The number of aryl methyl sites for hydroxylation is 1. The molecule has 0 saturated heterocycles. The first-order valence-corrected chi connectivity index (χ1v) is 5.04. The number of rotatable bonds is 1. The molecule has 0 bridgehead atoms. The number of para-hydroxylation sites is 1. The number of hydrogen-bond donors (Lipinski definition) is 0. The van der Waals surface area contributed by atoms with Crippen LogP contribution in [-0.2, 0) is 0 Å². The van der Waals surface area contributed by atoms with Crippen LogP contribution in [0.25, 0.3) is 10.9 Å². The maximum Gasteiger partial charge on any atom is 0.0704 e. The SMILES string of the molecule is Cc1c(C(C)C)cnc2ccccc12. The van der Waals surface area contributed by atoms with Crippen molar-refractivity contribution in [2.24, 2.45) is 0 Å². The third-order valence-corrected chi connectivity index (χ3v) is 2.71. The van der Waals surface area contributed by atoms with E-state index in [-0.39, 0.29) is 0 Å². The topological polar surface area (TPSA) is 12.9 Å². The molecule has 0 amide bonds. The molecule has 0 aliphatic carbocycles. The Morgan fingerprint density at radius 2 is 1.86 bits per heavy atom. The molecule has 0 radical (unpaired) electrons. The van der Waals surface area contributed by atoms with Gasteiger partial charge in [-0.15, -0.1) is 0 Å². The molecule has 14 heavy (non-hydrogen) atoms. The standard InChI is InChI=1S/C13H15N/c1-9(2)12-8-14-13-7-5-4-6-11(13)10(12)3/h4-9H,1-3H3. The Bertz CT molecular complexity index is 458. The van der Waals surface area contributed by atoms with Crippen molar-refractivity contribution >= 4 is 10.9 Å². The smallest absolute Gasteiger partial charge is 0.0704 e. The minimum atomic E-state index is 0.548. The van der Waals surface area contributed by atoms with Gasteiger partial charge in [0.2, 0.25) is 0 Å². The van der Waals surface area contributed by atoms with Crippen molar-refractivity contribution in [2.75, 3.05) is 0 Å². The molecule has 1 heteroatoms. The Kier molecular flexibility index (Phi) is 2.24. The number of benzene rings is 1. The summed E-state index contributed by atoms with van der Waals surface area (Å²) in [5.41, 5.74) is 3.81. The molecule has 0 saturated carbocycles. The lowest BCUT2D eigenvalue weighted by atomic mass is 9.97. The maximum atomic E-state index is 4.46. The molecule has 1 aromatic heterocycles. The summed E-state index contributed by atoms with van der Waals surface area (Å²) in [6, 6.07) is 8.31. The summed E-state index contributed by atoms with van der Waals surface area (Å²) in [5, 5.41) is 1.28. The predicted molar refractivity (Wildman–Crippen MR) is 60.6 cm³/mol. The summed E-state index contributed by atoms with van der Waals surface area (Å²) in [5.74, 6) is 0.548. The Morgan fingerprint density at radius 3 is 2.57 bits per heavy atom. The molecule has 0 unspecified atom stereocenters. The van der Waals surface area contributed by atoms with Gasteiger partial charge in [0.25, 0.3) is 0 Å². The van der Waals surface area contributed by atoms with Gasteiger partial charge in [0.15, 0.2) is 0 Å². The summed E-state index contributed by atoms with van der Waals surface area (Å²) in [7, 11) is 0. The fourth-order valence-electron chi connectivity index (χ4n) is 1.88. The van der Waals surface area contributed by atoms with Crippen LogP contribution in [0.5, 0.6) is 0 Å². The molecular formula is C13H15N. The van der Waals surface area contributed by atoms with E-state index >= 15 is 0 Å². The van der Waals surface area contributed by atoms with E-state index in [0.29, 0.717) is 5.92 Å². The van der Waals surface area contributed by atoms with Gasteiger partial charge in [0.1, 0.15) is 0 Å². The van der Waals surface area contributed by atoms with Crippen LogP contribution in [0.4, 0.5) is 0 Å². The molecule has 2 rings (SSSR count). The molecule has 2 aromatic rings. The molecule has 72 valence electrons. The number of aromatic nitrogens is 1. The fraction of sp³-hybridized carbons (Fsp3) is 0.308. The van der Waals surface area contributed by atoms with E-state index in [9.17, 15) is 0 Å². The highest BCUT2D eigenvalue weighted by Crippen LogP contribution is 2.24. The first-order valence-electron chi connectivity index (χ1n) is 5.04. The summed E-state index contributed by atoms with van der Waals surface area (Å²) in [6.45, 7) is 6.59. The minimum Gasteiger partial charge on any atom is -0.256 e. The lowest BCUT2D eigenvalue weighted by Gasteiger charge is -2.11. The van der Waals surface area contributed by atoms with Crippen LogP contribution < -0.4 is 0 Å². The monoisotopic (exact) mass is 185 g/mol. The van der Waals surface area contributed by atoms with Gasteiger partial charge in [0.05, 0.1) is 5.52 Å². The maximum absolute atomic E-state index is 4.46. The Morgan fingerprint density at radius 1 is 1.14 bits per heavy atom. The highest BCUT2D eigenvalue weighted by atomic mass is 14.7. The molecule has 1 aromatic carbocycles. The minimum absolute atomic E-state index is 0.548. The third-order valence-electron chi connectivity index (χ3n) is 2.71. The van der Waals surface area contributed by atoms with E-state index in [0.717, 1.165) is 5.52 Å². The van der Waals surface area contributed by atoms with Gasteiger partial charge in [-0.2, -0.15) is 0 Å². The summed E-state index contributed by atoms with van der Waals surface area (Å²) < 4.78 is 0. The van der Waals surface area contributed by atoms with Gasteiger partial charge in [-0.3, -0.25) is 4.98 Å². The quantitative estimate of drug-likeness (QED) is 0.660. The van der Waals surface area contributed by atoms with Gasteiger partial charge in [0, 0.05) is 11.6 Å². The lowest BCUT2D eigenvalue weighted by molar-refractivity contribution is 0.852. The Hall–Kier alpha value is -1.37. The first-order chi connectivity index (χ1) is 6.70. The average Bonchev–Trinajstić information content (AvgIpc) is 2.18. The van der Waals surface area contributed by atoms with E-state index in [1.165, 1.54) is 16.5 Å². The zero-order valence-electron chi connectivity index (χ0n) is 8.91. The van der Waals surface area contributed by atoms with E-state index in [1.807, 2.05) is 12.3 Å². The Balaban J connectivity index is 2.75. The van der Waals surface area contributed by atoms with Crippen molar-refractivity contribution in [3.8, 4) is 0 Å². The van der Waals surface area contributed by atoms with Crippen LogP contribution in [0.15, 0.2) is 30.5 Å². The molecule has 0 fully saturated rings. The third kappa shape index (κ3) is 1.39. The van der Waals surface area contributed by atoms with Gasteiger partial charge in [-0.05, 0) is 30.0 Å². The second kappa shape index (κ2) is 3.41. The number of fused-ring (bicyclic) bond motifs is 1. The second-order valence-corrected chi connectivity index (χ2v) is 4.01. The highest BCUT2D eigenvalue weighted by Gasteiger charge is 2.06. The molecule has 0 atom stereocenters. The number of nitrogens with zero attached hydrogens (tertiary/aromatic N) is 1. The van der Waals surface area contributed by atoms with Gasteiger partial charge < -0.3 is 0 Å². The van der Waals surface area contributed by atoms with E-state index in [2.05, 4.69) is 44.0 Å². The number of pyridine rings is 1. The summed E-state index contributed by atoms with van der Waals surface area (Å²) >= 11 is 0. The predicted octanol–water partition coefficient (Wildman–Crippen LogP) is 3.67. The summed E-state index contributed by atoms with van der Waals surface area (Å²) in [6.07, 6.45) is 2.00. The van der Waals surface area contributed by atoms with Gasteiger partial charge in [-0.1, -0.05) is 32.0 Å². The molecule has 1 heterocycles. The van der Waals surface area contributed by atoms with E-state index in [1.54, 1.807) is 0 Å². The van der Waals surface area contributed by atoms with E-state index in [4.69, 9.17) is 0 Å². The van der Waals surface area contributed by atoms with E-state index < -0.39 is 0 Å². The molecular weight excluding hydrogens is 170 g/mol. The highest BCUT2D eigenvalue weighted by molar-refractivity contribution is 5.82. The summed E-state index contributed by atoms with van der Waals surface area (Å²) in [4.78, 5) is 4.46. The first kappa shape index (κ1) is 9.20. The second-order valence-electron chi connectivity index (χ2n) is 4.01. The van der Waals surface area contributed by atoms with Crippen LogP contribution in [-0.4, -0.2) is 4.98 Å². The molecule has 0 spiro atoms. The van der Waals surface area contributed by atoms with Crippen molar-refractivity contribution in [2.45, 2.75) is 26.7 Å². The van der Waals surface area contributed by atoms with Crippen LogP contribution in [0.3, 0.4) is 0 Å². The molecule has 1 nitrogen and oxygen atoms in total. The van der Waals surface area contributed by atoms with Gasteiger partial charge in [-0.25, -0.2) is 0 Å².